The first-order valence-corrected chi connectivity index (χ1v) is 48.5. The Morgan fingerprint density at radius 3 is 0.831 bits per heavy atom. The molecule has 0 spiro atoms. The molecule has 0 unspecified atom stereocenters. The summed E-state index contributed by atoms with van der Waals surface area (Å²) < 4.78 is 14.1. The third-order valence-electron chi connectivity index (χ3n) is 27.3. The van der Waals surface area contributed by atoms with Crippen molar-refractivity contribution in [3.8, 4) is 62.3 Å². The quantitative estimate of drug-likeness (QED) is 0.0715. The molecule has 0 fully saturated rings. The van der Waals surface area contributed by atoms with E-state index in [1.54, 1.807) is 0 Å². The summed E-state index contributed by atoms with van der Waals surface area (Å²) in [5, 5.41) is 19.9. The summed E-state index contributed by atoms with van der Waals surface area (Å²) in [5.74, 6) is 3.96. The lowest BCUT2D eigenvalue weighted by atomic mass is 10.0. The van der Waals surface area contributed by atoms with E-state index in [4.69, 9.17) is 15.0 Å². The van der Waals surface area contributed by atoms with Gasteiger partial charge in [-0.15, -0.1) is 0 Å². The van der Waals surface area contributed by atoms with Gasteiger partial charge in [-0.25, -0.2) is 15.0 Å². The van der Waals surface area contributed by atoms with E-state index in [1.165, 1.54) is 84.8 Å². The summed E-state index contributed by atoms with van der Waals surface area (Å²) in [4.78, 5) is 17.4. The Hall–Kier alpha value is -16.8. The van der Waals surface area contributed by atoms with Crippen LogP contribution in [0.15, 0.2) is 479 Å². The summed E-state index contributed by atoms with van der Waals surface area (Å²) in [6, 6.07) is 177. The van der Waals surface area contributed by atoms with Gasteiger partial charge in [-0.1, -0.05) is 364 Å². The third kappa shape index (κ3) is 11.5. The van der Waals surface area contributed by atoms with Gasteiger partial charge in [-0.05, 0) is 190 Å². The van der Waals surface area contributed by atoms with Crippen LogP contribution >= 0.6 is 0 Å². The lowest BCUT2D eigenvalue weighted by Crippen LogP contribution is -2.74. The summed E-state index contributed by atoms with van der Waals surface area (Å²) in [5.41, 5.74) is 20.2. The Balaban J connectivity index is 0.621. The fraction of sp³-hybridized carbons (Fsp3) is 0. The van der Waals surface area contributed by atoms with Crippen molar-refractivity contribution in [3.63, 3.8) is 0 Å². The lowest BCUT2D eigenvalue weighted by molar-refractivity contribution is 0.997. The molecular formula is C119H79N9Si2. The standard InChI is InChI=1S/C119H79N9Si2/c1-6-34-87(35-7-1)129(88-36-8-2-9-37-88,89-38-10-3-11-39-89)92-67-61-81(62-68-92)85-77-117(125-108-56-27-20-49-99(108)100-50-21-28-57-109(100)125)122-118(78-85)128-113-60-31-30-59-112(113)127-114-74-83(65-71-103(114)120-119(127)128)82-66-72-111-102(73-82)101-51-22-29-58-110(101)126(111)116-76-84(75-115(121-116)124-106-54-25-18-47-97(106)98-48-19-26-55-107(98)124)80-63-69-93(70-64-80)130(90-40-12-4-13-41-90,91-42-14-5-15-43-91)94-44-32-33-86(79-94)123-104-52-23-16-45-95(104)96-46-17-24-53-105(96)123/h1-79H. The molecule has 0 aliphatic rings. The first-order valence-electron chi connectivity index (χ1n) is 44.5. The highest BCUT2D eigenvalue weighted by molar-refractivity contribution is 7.20. The number of hydrogen-bond acceptors (Lipinski definition) is 3. The molecule has 0 radical (unpaired) electrons. The van der Waals surface area contributed by atoms with E-state index >= 15 is 0 Å². The number of pyridine rings is 2. The van der Waals surface area contributed by atoms with E-state index in [0.29, 0.717) is 0 Å². The second kappa shape index (κ2) is 29.9. The highest BCUT2D eigenvalue weighted by atomic mass is 28.3. The molecule has 9 nitrogen and oxygen atoms in total. The molecule has 0 aliphatic carbocycles. The van der Waals surface area contributed by atoms with Crippen LogP contribution in [0.25, 0.3) is 177 Å². The van der Waals surface area contributed by atoms with Crippen LogP contribution in [0.1, 0.15) is 0 Å². The zero-order valence-corrected chi connectivity index (χ0v) is 72.6. The second-order valence-corrected chi connectivity index (χ2v) is 41.8. The first kappa shape index (κ1) is 74.6. The number of imidazole rings is 2. The van der Waals surface area contributed by atoms with Crippen LogP contribution in [0.3, 0.4) is 0 Å². The molecule has 8 heterocycles. The van der Waals surface area contributed by atoms with E-state index in [-0.39, 0.29) is 0 Å². The van der Waals surface area contributed by atoms with Crippen LogP contribution in [0.4, 0.5) is 0 Å². The number of aromatic nitrogens is 9. The summed E-state index contributed by atoms with van der Waals surface area (Å²) in [6.07, 6.45) is 0. The molecule has 130 heavy (non-hydrogen) atoms. The summed E-state index contributed by atoms with van der Waals surface area (Å²) in [7, 11) is -5.95. The van der Waals surface area contributed by atoms with Gasteiger partial charge in [0.1, 0.15) is 23.3 Å². The zero-order chi connectivity index (χ0) is 85.5. The lowest BCUT2D eigenvalue weighted by Gasteiger charge is -2.35. The highest BCUT2D eigenvalue weighted by Crippen LogP contribution is 2.42. The smallest absolute Gasteiger partial charge is 0.221 e. The number of benzene rings is 18. The molecule has 26 aromatic rings. The molecule has 608 valence electrons. The number of para-hydroxylation sites is 9. The van der Waals surface area contributed by atoms with Gasteiger partial charge in [0, 0.05) is 48.8 Å². The van der Waals surface area contributed by atoms with Gasteiger partial charge >= 0.3 is 0 Å². The average Bonchev–Trinajstić information content (AvgIpc) is 1.71. The van der Waals surface area contributed by atoms with Gasteiger partial charge < -0.3 is 4.57 Å². The molecule has 0 saturated carbocycles. The van der Waals surface area contributed by atoms with Gasteiger partial charge in [0.25, 0.3) is 0 Å². The number of nitrogens with zero attached hydrogens (tertiary/aromatic N) is 9. The maximum atomic E-state index is 5.89. The minimum absolute atomic E-state index is 0.754. The molecule has 0 N–H and O–H groups in total. The van der Waals surface area contributed by atoms with Gasteiger partial charge in [-0.3, -0.25) is 22.7 Å². The summed E-state index contributed by atoms with van der Waals surface area (Å²) >= 11 is 0. The number of fused-ring (bicyclic) bond motifs is 17. The van der Waals surface area contributed by atoms with Crippen LogP contribution in [0.5, 0.6) is 0 Å². The Labute approximate surface area is 751 Å². The van der Waals surface area contributed by atoms with Crippen LogP contribution < -0.4 is 41.5 Å². The van der Waals surface area contributed by atoms with Crippen molar-refractivity contribution in [2.45, 2.75) is 0 Å². The Kier molecular flexibility index (Phi) is 17.2. The third-order valence-corrected chi connectivity index (χ3v) is 36.9. The van der Waals surface area contributed by atoms with E-state index in [2.05, 4.69) is 506 Å². The van der Waals surface area contributed by atoms with Gasteiger partial charge in [0.2, 0.25) is 5.78 Å². The SMILES string of the molecule is c1ccc([Si](c2ccccc2)(c2ccccc2)c2ccc(-c3cc(-n4c5ccccc5c5ccccc54)nc(-n4c5ccccc5n5c6cc(-c7ccc8c(c7)c7ccccc7n8-c7cc(-c8ccc([Si](c9ccccc9)(c9ccccc9)c9cccc(-n%10c%11ccccc%11c%11ccccc%11%10)c9)cc8)cc(-n8c9ccccc9c9ccccc98)n7)ccc6nc45)c3)cc2)cc1. The van der Waals surface area contributed by atoms with Crippen LogP contribution in [0, 0.1) is 0 Å². The molecule has 8 aromatic heterocycles. The minimum Gasteiger partial charge on any atom is -0.309 e. The molecule has 0 amide bonds. The zero-order valence-electron chi connectivity index (χ0n) is 70.6. The van der Waals surface area contributed by atoms with Crippen molar-refractivity contribution in [3.05, 3.63) is 479 Å². The minimum atomic E-state index is -3.11. The van der Waals surface area contributed by atoms with Gasteiger partial charge in [-0.2, -0.15) is 0 Å². The predicted molar refractivity (Wildman–Crippen MR) is 546 cm³/mol. The van der Waals surface area contributed by atoms with Crippen LogP contribution in [-0.2, 0) is 0 Å². The molecule has 0 aliphatic heterocycles. The number of hydrogen-bond donors (Lipinski definition) is 0. The fourth-order valence-electron chi connectivity index (χ4n) is 21.7. The summed E-state index contributed by atoms with van der Waals surface area (Å²) in [6.45, 7) is 0. The van der Waals surface area contributed by atoms with E-state index in [1.807, 2.05) is 0 Å². The first-order chi connectivity index (χ1) is 64.5. The predicted octanol–water partition coefficient (Wildman–Crippen LogP) is 23.4. The molecule has 26 rings (SSSR count). The van der Waals surface area contributed by atoms with E-state index in [0.717, 1.165) is 134 Å². The van der Waals surface area contributed by atoms with E-state index < -0.39 is 16.1 Å². The Bertz CT molecular complexity index is 8680. The molecular weight excluding hydrogens is 1610 g/mol. The topological polar surface area (TPSA) is 67.7 Å². The van der Waals surface area contributed by atoms with Crippen LogP contribution in [-0.4, -0.2) is 58.3 Å². The number of rotatable bonds is 16. The van der Waals surface area contributed by atoms with Crippen molar-refractivity contribution in [1.82, 2.24) is 42.2 Å². The van der Waals surface area contributed by atoms with Crippen molar-refractivity contribution in [2.24, 2.45) is 0 Å². The molecule has 0 bridgehead atoms. The Morgan fingerprint density at radius 2 is 0.438 bits per heavy atom. The monoisotopic (exact) mass is 1690 g/mol. The van der Waals surface area contributed by atoms with Crippen molar-refractivity contribution in [1.29, 1.82) is 0 Å². The molecule has 0 atom stereocenters. The Morgan fingerprint density at radius 1 is 0.154 bits per heavy atom. The average molecular weight is 1690 g/mol. The largest absolute Gasteiger partial charge is 0.309 e. The van der Waals surface area contributed by atoms with Gasteiger partial charge in [0.05, 0.1) is 66.2 Å². The highest BCUT2D eigenvalue weighted by Gasteiger charge is 2.44. The molecule has 0 saturated heterocycles. The van der Waals surface area contributed by atoms with Crippen molar-refractivity contribution >= 4 is 173 Å². The van der Waals surface area contributed by atoms with Gasteiger partial charge in [0.15, 0.2) is 16.1 Å². The van der Waals surface area contributed by atoms with Crippen LogP contribution in [0.2, 0.25) is 0 Å². The fourth-order valence-corrected chi connectivity index (χ4v) is 31.2. The molecule has 18 aromatic carbocycles. The molecule has 11 heteroatoms. The van der Waals surface area contributed by atoms with Crippen molar-refractivity contribution in [2.75, 3.05) is 0 Å². The maximum Gasteiger partial charge on any atom is 0.221 e. The maximum absolute atomic E-state index is 5.89. The van der Waals surface area contributed by atoms with E-state index in [9.17, 15) is 0 Å². The second-order valence-electron chi connectivity index (χ2n) is 34.1. The van der Waals surface area contributed by atoms with Crippen molar-refractivity contribution < 1.29 is 0 Å². The normalized spacial score (nSPS) is 12.2.